The van der Waals surface area contributed by atoms with Crippen molar-refractivity contribution in [3.63, 3.8) is 0 Å². The van der Waals surface area contributed by atoms with E-state index >= 15 is 0 Å². The first-order chi connectivity index (χ1) is 11.9. The lowest BCUT2D eigenvalue weighted by atomic mass is 10.0. The molecule has 1 rings (SSSR count). The minimum atomic E-state index is -4.47. The van der Waals surface area contributed by atoms with Gasteiger partial charge in [-0.15, -0.1) is 0 Å². The Hall–Kier alpha value is -1.96. The van der Waals surface area contributed by atoms with Gasteiger partial charge in [0.2, 0.25) is 0 Å². The van der Waals surface area contributed by atoms with Crippen LogP contribution in [-0.2, 0) is 17.3 Å². The van der Waals surface area contributed by atoms with Crippen molar-refractivity contribution < 1.29 is 32.5 Å². The van der Waals surface area contributed by atoms with Crippen LogP contribution in [0.25, 0.3) is 0 Å². The Morgan fingerprint density at radius 3 is 2.46 bits per heavy atom. The maximum absolute atomic E-state index is 12.8. The Morgan fingerprint density at radius 2 is 1.92 bits per heavy atom. The first-order valence-electron chi connectivity index (χ1n) is 8.35. The number of alkyl carbamates (subject to hydrolysis) is 1. The lowest BCUT2D eigenvalue weighted by Gasteiger charge is -2.22. The quantitative estimate of drug-likeness (QED) is 0.756. The van der Waals surface area contributed by atoms with E-state index in [1.165, 1.54) is 6.07 Å². The van der Waals surface area contributed by atoms with E-state index in [9.17, 15) is 18.0 Å². The van der Waals surface area contributed by atoms with Crippen LogP contribution in [0.4, 0.5) is 18.0 Å². The van der Waals surface area contributed by atoms with Crippen LogP contribution in [0.3, 0.4) is 0 Å². The predicted octanol–water partition coefficient (Wildman–Crippen LogP) is 3.92. The van der Waals surface area contributed by atoms with E-state index in [-0.39, 0.29) is 25.0 Å². The number of benzene rings is 1. The second-order valence-corrected chi connectivity index (χ2v) is 6.98. The van der Waals surface area contributed by atoms with E-state index in [1.807, 2.05) is 0 Å². The van der Waals surface area contributed by atoms with Crippen LogP contribution in [-0.4, -0.2) is 36.1 Å². The third-order valence-corrected chi connectivity index (χ3v) is 3.35. The molecular weight excluding hydrogens is 351 g/mol. The Kier molecular flexibility index (Phi) is 7.74. The van der Waals surface area contributed by atoms with E-state index in [4.69, 9.17) is 14.6 Å². The van der Waals surface area contributed by atoms with Crippen molar-refractivity contribution in [1.29, 1.82) is 0 Å². The number of nitrogens with one attached hydrogen (secondary N) is 1. The molecule has 0 saturated carbocycles. The minimum absolute atomic E-state index is 0.0818. The van der Waals surface area contributed by atoms with Gasteiger partial charge in [-0.05, 0) is 58.2 Å². The summed E-state index contributed by atoms with van der Waals surface area (Å²) in [5.74, 6) is 0.0818. The molecule has 0 heterocycles. The molecular formula is C18H26F3NO4. The van der Waals surface area contributed by atoms with E-state index in [0.29, 0.717) is 18.4 Å². The largest absolute Gasteiger partial charge is 0.491 e. The number of aliphatic hydroxyl groups is 1. The highest BCUT2D eigenvalue weighted by molar-refractivity contribution is 5.68. The van der Waals surface area contributed by atoms with Gasteiger partial charge in [-0.1, -0.05) is 6.07 Å². The van der Waals surface area contributed by atoms with E-state index in [0.717, 1.165) is 12.1 Å². The fourth-order valence-electron chi connectivity index (χ4n) is 2.18. The number of alkyl halides is 3. The molecule has 0 saturated heterocycles. The van der Waals surface area contributed by atoms with Gasteiger partial charge in [-0.3, -0.25) is 0 Å². The van der Waals surface area contributed by atoms with Gasteiger partial charge in [0.25, 0.3) is 0 Å². The fraction of sp³-hybridized carbons (Fsp3) is 0.611. The first kappa shape index (κ1) is 22.1. The van der Waals surface area contributed by atoms with Crippen LogP contribution in [0.15, 0.2) is 18.2 Å². The second-order valence-electron chi connectivity index (χ2n) is 6.98. The standard InChI is InChI=1S/C18H26F3NO4/c1-12(22-16(24)26-17(2,3)4)5-6-13-7-8-14(18(19,20)21)11-15(13)25-10-9-23/h7-8,11-12,23H,5-6,9-10H2,1-4H3,(H,22,24)/t12-/m1/s1. The highest BCUT2D eigenvalue weighted by Crippen LogP contribution is 2.33. The zero-order valence-corrected chi connectivity index (χ0v) is 15.4. The number of hydrogen-bond acceptors (Lipinski definition) is 4. The molecule has 0 aliphatic heterocycles. The molecule has 1 amide bonds. The normalized spacial score (nSPS) is 13.2. The van der Waals surface area contributed by atoms with E-state index in [1.54, 1.807) is 27.7 Å². The van der Waals surface area contributed by atoms with Crippen LogP contribution in [0.2, 0.25) is 0 Å². The van der Waals surface area contributed by atoms with Crippen molar-refractivity contribution in [1.82, 2.24) is 5.32 Å². The van der Waals surface area contributed by atoms with Crippen LogP contribution in [0.1, 0.15) is 45.2 Å². The number of aryl methyl sites for hydroxylation is 1. The first-order valence-corrected chi connectivity index (χ1v) is 8.35. The third-order valence-electron chi connectivity index (χ3n) is 3.35. The average Bonchev–Trinajstić information content (AvgIpc) is 2.48. The fourth-order valence-corrected chi connectivity index (χ4v) is 2.18. The van der Waals surface area contributed by atoms with E-state index < -0.39 is 23.4 Å². The summed E-state index contributed by atoms with van der Waals surface area (Å²) >= 11 is 0. The molecule has 1 aromatic rings. The van der Waals surface area contributed by atoms with Crippen LogP contribution in [0, 0.1) is 0 Å². The summed E-state index contributed by atoms with van der Waals surface area (Å²) < 4.78 is 48.9. The molecule has 0 radical (unpaired) electrons. The Labute approximate surface area is 151 Å². The van der Waals surface area contributed by atoms with Gasteiger partial charge in [-0.2, -0.15) is 13.2 Å². The Balaban J connectivity index is 2.74. The van der Waals surface area contributed by atoms with Gasteiger partial charge in [-0.25, -0.2) is 4.79 Å². The summed E-state index contributed by atoms with van der Waals surface area (Å²) in [6.07, 6.45) is -4.13. The number of aliphatic hydroxyl groups excluding tert-OH is 1. The summed E-state index contributed by atoms with van der Waals surface area (Å²) in [5.41, 5.74) is -0.846. The van der Waals surface area contributed by atoms with Crippen molar-refractivity contribution in [2.24, 2.45) is 0 Å². The molecule has 2 N–H and O–H groups in total. The molecule has 1 atom stereocenters. The highest BCUT2D eigenvalue weighted by atomic mass is 19.4. The molecule has 1 aromatic carbocycles. The summed E-state index contributed by atoms with van der Waals surface area (Å²) in [4.78, 5) is 11.7. The highest BCUT2D eigenvalue weighted by Gasteiger charge is 2.31. The summed E-state index contributed by atoms with van der Waals surface area (Å²) in [7, 11) is 0. The average molecular weight is 377 g/mol. The number of carbonyl (C=O) groups excluding carboxylic acids is 1. The lowest BCUT2D eigenvalue weighted by Crippen LogP contribution is -2.37. The smallest absolute Gasteiger partial charge is 0.416 e. The van der Waals surface area contributed by atoms with Crippen molar-refractivity contribution in [2.75, 3.05) is 13.2 Å². The molecule has 0 spiro atoms. The van der Waals surface area contributed by atoms with Crippen molar-refractivity contribution in [2.45, 2.75) is 58.4 Å². The molecule has 0 aliphatic rings. The van der Waals surface area contributed by atoms with Gasteiger partial charge in [0, 0.05) is 6.04 Å². The van der Waals surface area contributed by atoms with Crippen LogP contribution >= 0.6 is 0 Å². The summed E-state index contributed by atoms with van der Waals surface area (Å²) in [6, 6.07) is 3.04. The van der Waals surface area contributed by atoms with Gasteiger partial charge >= 0.3 is 12.3 Å². The maximum Gasteiger partial charge on any atom is 0.416 e. The number of hydrogen-bond donors (Lipinski definition) is 2. The van der Waals surface area contributed by atoms with Gasteiger partial charge < -0.3 is 19.9 Å². The SMILES string of the molecule is C[C@H](CCc1ccc(C(F)(F)F)cc1OCCO)NC(=O)OC(C)(C)C. The summed E-state index contributed by atoms with van der Waals surface area (Å²) in [5, 5.41) is 11.5. The molecule has 26 heavy (non-hydrogen) atoms. The molecule has 0 bridgehead atoms. The van der Waals surface area contributed by atoms with Crippen LogP contribution in [0.5, 0.6) is 5.75 Å². The van der Waals surface area contributed by atoms with Gasteiger partial charge in [0.05, 0.1) is 12.2 Å². The zero-order valence-electron chi connectivity index (χ0n) is 15.4. The number of ether oxygens (including phenoxy) is 2. The van der Waals surface area contributed by atoms with Crippen molar-refractivity contribution in [3.05, 3.63) is 29.3 Å². The predicted molar refractivity (Wildman–Crippen MR) is 91.2 cm³/mol. The van der Waals surface area contributed by atoms with Crippen molar-refractivity contribution in [3.8, 4) is 5.75 Å². The minimum Gasteiger partial charge on any atom is -0.491 e. The summed E-state index contributed by atoms with van der Waals surface area (Å²) in [6.45, 7) is 6.65. The molecule has 0 aliphatic carbocycles. The number of rotatable bonds is 7. The monoisotopic (exact) mass is 377 g/mol. The van der Waals surface area contributed by atoms with Crippen LogP contribution < -0.4 is 10.1 Å². The number of carbonyl (C=O) groups is 1. The molecule has 148 valence electrons. The van der Waals surface area contributed by atoms with Gasteiger partial charge in [0.1, 0.15) is 18.0 Å². The van der Waals surface area contributed by atoms with E-state index in [2.05, 4.69) is 5.32 Å². The van der Waals surface area contributed by atoms with Gasteiger partial charge in [0.15, 0.2) is 0 Å². The van der Waals surface area contributed by atoms with Crippen molar-refractivity contribution >= 4 is 6.09 Å². The maximum atomic E-state index is 12.8. The number of halogens is 3. The molecule has 0 aromatic heterocycles. The topological polar surface area (TPSA) is 67.8 Å². The number of amides is 1. The zero-order chi connectivity index (χ0) is 20.0. The lowest BCUT2D eigenvalue weighted by molar-refractivity contribution is -0.137. The Morgan fingerprint density at radius 1 is 1.27 bits per heavy atom. The molecule has 8 heteroatoms. The molecule has 0 fully saturated rings. The third kappa shape index (κ3) is 7.95. The second kappa shape index (κ2) is 9.12. The molecule has 0 unspecified atom stereocenters. The Bertz CT molecular complexity index is 597. The molecule has 5 nitrogen and oxygen atoms in total.